The lowest BCUT2D eigenvalue weighted by Crippen LogP contribution is -2.33. The van der Waals surface area contributed by atoms with Crippen molar-refractivity contribution in [3.63, 3.8) is 0 Å². The van der Waals surface area contributed by atoms with Crippen LogP contribution >= 0.6 is 15.9 Å². The van der Waals surface area contributed by atoms with Crippen LogP contribution < -0.4 is 20.1 Å². The minimum absolute atomic E-state index is 0.436. The monoisotopic (exact) mass is 502 g/mol. The van der Waals surface area contributed by atoms with E-state index in [2.05, 4.69) is 26.6 Å². The highest BCUT2D eigenvalue weighted by atomic mass is 79.9. The van der Waals surface area contributed by atoms with Gasteiger partial charge in [0.05, 0.1) is 13.2 Å². The Hall–Kier alpha value is -2.16. The number of nitrogens with one attached hydrogen (secondary N) is 2. The number of alkyl carbamates (subject to hydrolysis) is 2. The van der Waals surface area contributed by atoms with Gasteiger partial charge in [-0.3, -0.25) is 0 Å². The molecule has 1 aromatic rings. The van der Waals surface area contributed by atoms with Gasteiger partial charge in [0.25, 0.3) is 0 Å². The molecule has 0 aromatic heterocycles. The SMILES string of the molecule is CC(C)(C)OC(=O)NCCCOc1cc(Br)cc(OCCCNC(=O)OC(C)(C)C)c1. The predicted octanol–water partition coefficient (Wildman–Crippen LogP) is 5.04. The zero-order chi connectivity index (χ0) is 23.5. The van der Waals surface area contributed by atoms with Crippen LogP contribution in [0.3, 0.4) is 0 Å². The molecule has 8 nitrogen and oxygen atoms in total. The summed E-state index contributed by atoms with van der Waals surface area (Å²) in [7, 11) is 0. The lowest BCUT2D eigenvalue weighted by Gasteiger charge is -2.19. The van der Waals surface area contributed by atoms with E-state index in [-0.39, 0.29) is 0 Å². The maximum absolute atomic E-state index is 11.6. The van der Waals surface area contributed by atoms with Crippen LogP contribution in [0.4, 0.5) is 9.59 Å². The first-order valence-corrected chi connectivity index (χ1v) is 11.1. The van der Waals surface area contributed by atoms with E-state index in [1.165, 1.54) is 0 Å². The first-order chi connectivity index (χ1) is 14.3. The van der Waals surface area contributed by atoms with Crippen molar-refractivity contribution in [2.45, 2.75) is 65.6 Å². The summed E-state index contributed by atoms with van der Waals surface area (Å²) in [6, 6.07) is 5.49. The summed E-state index contributed by atoms with van der Waals surface area (Å²) in [6.07, 6.45) is 0.398. The van der Waals surface area contributed by atoms with Gasteiger partial charge in [-0.25, -0.2) is 9.59 Å². The molecule has 0 fully saturated rings. The van der Waals surface area contributed by atoms with Crippen LogP contribution in [0.15, 0.2) is 22.7 Å². The second kappa shape index (κ2) is 12.6. The highest BCUT2D eigenvalue weighted by Gasteiger charge is 2.16. The lowest BCUT2D eigenvalue weighted by atomic mass is 10.2. The van der Waals surface area contributed by atoms with Gasteiger partial charge in [-0.05, 0) is 66.5 Å². The molecule has 0 aliphatic rings. The molecule has 0 saturated carbocycles. The minimum atomic E-state index is -0.515. The summed E-state index contributed by atoms with van der Waals surface area (Å²) in [6.45, 7) is 12.7. The third-order valence-electron chi connectivity index (χ3n) is 3.36. The fraction of sp³-hybridized carbons (Fsp3) is 0.636. The second-order valence-electron chi connectivity index (χ2n) is 8.88. The van der Waals surface area contributed by atoms with E-state index < -0.39 is 23.4 Å². The smallest absolute Gasteiger partial charge is 0.407 e. The molecule has 0 aliphatic carbocycles. The number of hydrogen-bond acceptors (Lipinski definition) is 6. The number of halogens is 1. The molecule has 0 spiro atoms. The summed E-state index contributed by atoms with van der Waals surface area (Å²) in [5, 5.41) is 5.39. The number of ether oxygens (including phenoxy) is 4. The van der Waals surface area contributed by atoms with Gasteiger partial charge in [0, 0.05) is 23.6 Å². The van der Waals surface area contributed by atoms with Gasteiger partial charge in [-0.2, -0.15) is 0 Å². The van der Waals surface area contributed by atoms with Crippen molar-refractivity contribution in [3.05, 3.63) is 22.7 Å². The van der Waals surface area contributed by atoms with Crippen LogP contribution in [0.25, 0.3) is 0 Å². The van der Waals surface area contributed by atoms with Gasteiger partial charge < -0.3 is 29.6 Å². The van der Waals surface area contributed by atoms with Crippen LogP contribution in [0, 0.1) is 0 Å². The van der Waals surface area contributed by atoms with E-state index in [1.807, 2.05) is 53.7 Å². The van der Waals surface area contributed by atoms with Crippen molar-refractivity contribution in [2.75, 3.05) is 26.3 Å². The quantitative estimate of drug-likeness (QED) is 0.435. The van der Waals surface area contributed by atoms with E-state index in [9.17, 15) is 9.59 Å². The highest BCUT2D eigenvalue weighted by molar-refractivity contribution is 9.10. The van der Waals surface area contributed by atoms with Gasteiger partial charge in [0.2, 0.25) is 0 Å². The van der Waals surface area contributed by atoms with Crippen LogP contribution in [0.5, 0.6) is 11.5 Å². The van der Waals surface area contributed by atoms with Crippen molar-refractivity contribution in [2.24, 2.45) is 0 Å². The number of benzene rings is 1. The standard InChI is InChI=1S/C22H35BrN2O6/c1-21(2,3)30-19(26)24-9-7-11-28-17-13-16(23)14-18(15-17)29-12-8-10-25-20(27)31-22(4,5)6/h13-15H,7-12H2,1-6H3,(H,24,26)(H,25,27). The summed E-state index contributed by atoms with van der Waals surface area (Å²) < 4.78 is 22.7. The Labute approximate surface area is 193 Å². The molecule has 0 atom stereocenters. The third kappa shape index (κ3) is 14.5. The van der Waals surface area contributed by atoms with E-state index in [1.54, 1.807) is 6.07 Å². The molecular formula is C22H35BrN2O6. The van der Waals surface area contributed by atoms with Gasteiger partial charge in [-0.1, -0.05) is 15.9 Å². The topological polar surface area (TPSA) is 95.1 Å². The molecule has 0 saturated heterocycles. The Morgan fingerprint density at radius 3 is 1.52 bits per heavy atom. The zero-order valence-corrected chi connectivity index (χ0v) is 20.9. The van der Waals surface area contributed by atoms with Crippen molar-refractivity contribution in [3.8, 4) is 11.5 Å². The fourth-order valence-electron chi connectivity index (χ4n) is 2.24. The number of carbonyl (C=O) groups is 2. The molecule has 0 aliphatic heterocycles. The lowest BCUT2D eigenvalue weighted by molar-refractivity contribution is 0.0514. The van der Waals surface area contributed by atoms with Crippen LogP contribution in [0.2, 0.25) is 0 Å². The molecular weight excluding hydrogens is 468 g/mol. The molecule has 0 heterocycles. The third-order valence-corrected chi connectivity index (χ3v) is 3.82. The highest BCUT2D eigenvalue weighted by Crippen LogP contribution is 2.26. The first kappa shape index (κ1) is 26.9. The number of carbonyl (C=O) groups excluding carboxylic acids is 2. The van der Waals surface area contributed by atoms with Gasteiger partial charge in [0.1, 0.15) is 22.7 Å². The van der Waals surface area contributed by atoms with Gasteiger partial charge in [0.15, 0.2) is 0 Å². The molecule has 1 aromatic carbocycles. The van der Waals surface area contributed by atoms with Crippen molar-refractivity contribution >= 4 is 28.1 Å². The summed E-state index contributed by atoms with van der Waals surface area (Å²) in [5.74, 6) is 1.32. The molecule has 9 heteroatoms. The van der Waals surface area contributed by atoms with E-state index in [0.717, 1.165) is 4.47 Å². The van der Waals surface area contributed by atoms with E-state index in [0.29, 0.717) is 50.6 Å². The van der Waals surface area contributed by atoms with Crippen molar-refractivity contribution in [1.82, 2.24) is 10.6 Å². The Morgan fingerprint density at radius 1 is 0.774 bits per heavy atom. The van der Waals surface area contributed by atoms with E-state index in [4.69, 9.17) is 18.9 Å². The van der Waals surface area contributed by atoms with Crippen LogP contribution in [0.1, 0.15) is 54.4 Å². The van der Waals surface area contributed by atoms with Crippen LogP contribution in [-0.4, -0.2) is 49.7 Å². The van der Waals surface area contributed by atoms with Crippen LogP contribution in [-0.2, 0) is 9.47 Å². The molecule has 0 radical (unpaired) electrons. The van der Waals surface area contributed by atoms with Crippen molar-refractivity contribution < 1.29 is 28.5 Å². The van der Waals surface area contributed by atoms with Gasteiger partial charge in [-0.15, -0.1) is 0 Å². The summed E-state index contributed by atoms with van der Waals surface area (Å²) >= 11 is 3.45. The molecule has 2 amide bonds. The second-order valence-corrected chi connectivity index (χ2v) is 9.80. The molecule has 31 heavy (non-hydrogen) atoms. The number of hydrogen-bond donors (Lipinski definition) is 2. The molecule has 0 unspecified atom stereocenters. The van der Waals surface area contributed by atoms with E-state index >= 15 is 0 Å². The molecule has 0 bridgehead atoms. The molecule has 2 N–H and O–H groups in total. The molecule has 1 rings (SSSR count). The maximum atomic E-state index is 11.6. The number of rotatable bonds is 10. The van der Waals surface area contributed by atoms with Crippen molar-refractivity contribution in [1.29, 1.82) is 0 Å². The summed E-state index contributed by atoms with van der Waals surface area (Å²) in [5.41, 5.74) is -1.03. The zero-order valence-electron chi connectivity index (χ0n) is 19.3. The predicted molar refractivity (Wildman–Crippen MR) is 123 cm³/mol. The largest absolute Gasteiger partial charge is 0.493 e. The Bertz CT molecular complexity index is 657. The maximum Gasteiger partial charge on any atom is 0.407 e. The Kier molecular flexibility index (Phi) is 11.0. The Morgan fingerprint density at radius 2 is 1.16 bits per heavy atom. The van der Waals surface area contributed by atoms with Gasteiger partial charge >= 0.3 is 12.2 Å². The normalized spacial score (nSPS) is 11.5. The fourth-order valence-corrected chi connectivity index (χ4v) is 2.69. The average molecular weight is 503 g/mol. The summed E-state index contributed by atoms with van der Waals surface area (Å²) in [4.78, 5) is 23.2. The Balaban J connectivity index is 2.28. The molecule has 176 valence electrons. The minimum Gasteiger partial charge on any atom is -0.493 e. The average Bonchev–Trinajstić information content (AvgIpc) is 2.57. The first-order valence-electron chi connectivity index (χ1n) is 10.3. The number of amides is 2.